The van der Waals surface area contributed by atoms with Gasteiger partial charge < -0.3 is 9.47 Å². The van der Waals surface area contributed by atoms with Gasteiger partial charge >= 0.3 is 0 Å². The summed E-state index contributed by atoms with van der Waals surface area (Å²) in [4.78, 5) is 14.7. The molecule has 4 nitrogen and oxygen atoms in total. The molecule has 1 aromatic carbocycles. The molecule has 3 rings (SSSR count). The second-order valence-electron chi connectivity index (χ2n) is 5.51. The van der Waals surface area contributed by atoms with Gasteiger partial charge in [-0.1, -0.05) is 23.2 Å². The minimum atomic E-state index is -0.128. The summed E-state index contributed by atoms with van der Waals surface area (Å²) in [5.41, 5.74) is 1.35. The number of carbonyl (C=O) groups excluding carboxylic acids is 1. The summed E-state index contributed by atoms with van der Waals surface area (Å²) in [5.74, 6) is -0.128. The molecule has 1 amide bonds. The largest absolute Gasteiger partial charge is 0.337 e. The SMILES string of the molecule is N#Cc1ccn(-c2ccc(Cl)cc2Cl)c1C(=O)N1CCCCC1. The number of hydrogen-bond acceptors (Lipinski definition) is 2. The number of rotatable bonds is 2. The van der Waals surface area contributed by atoms with Crippen LogP contribution in [-0.2, 0) is 0 Å². The van der Waals surface area contributed by atoms with Crippen LogP contribution in [0.1, 0.15) is 35.3 Å². The van der Waals surface area contributed by atoms with Crippen molar-refractivity contribution in [1.29, 1.82) is 5.26 Å². The molecular formula is C17H15Cl2N3O. The Morgan fingerprint density at radius 1 is 1.13 bits per heavy atom. The summed E-state index contributed by atoms with van der Waals surface area (Å²) in [5, 5.41) is 10.3. The lowest BCUT2D eigenvalue weighted by atomic mass is 10.1. The van der Waals surface area contributed by atoms with Gasteiger partial charge in [0.25, 0.3) is 5.91 Å². The van der Waals surface area contributed by atoms with Gasteiger partial charge in [-0.05, 0) is 43.5 Å². The number of hydrogen-bond donors (Lipinski definition) is 0. The number of piperidine rings is 1. The van der Waals surface area contributed by atoms with Crippen molar-refractivity contribution in [2.24, 2.45) is 0 Å². The van der Waals surface area contributed by atoms with Crippen LogP contribution in [-0.4, -0.2) is 28.5 Å². The fraction of sp³-hybridized carbons (Fsp3) is 0.294. The van der Waals surface area contributed by atoms with Crippen molar-refractivity contribution < 1.29 is 4.79 Å². The molecule has 2 heterocycles. The standard InChI is InChI=1S/C17H15Cl2N3O/c18-13-4-5-15(14(19)10-13)22-9-6-12(11-20)16(22)17(23)21-7-2-1-3-8-21/h4-6,9-10H,1-3,7-8H2. The van der Waals surface area contributed by atoms with E-state index in [0.29, 0.717) is 27.0 Å². The number of nitrogens with zero attached hydrogens (tertiary/aromatic N) is 3. The van der Waals surface area contributed by atoms with Crippen molar-refractivity contribution in [3.63, 3.8) is 0 Å². The predicted molar refractivity (Wildman–Crippen MR) is 90.3 cm³/mol. The summed E-state index contributed by atoms with van der Waals surface area (Å²) in [7, 11) is 0. The Hall–Kier alpha value is -1.96. The van der Waals surface area contributed by atoms with Gasteiger partial charge in [0.15, 0.2) is 0 Å². The van der Waals surface area contributed by atoms with Crippen molar-refractivity contribution >= 4 is 29.1 Å². The highest BCUT2D eigenvalue weighted by Gasteiger charge is 2.25. The molecule has 0 unspecified atom stereocenters. The summed E-state index contributed by atoms with van der Waals surface area (Å²) in [6.45, 7) is 1.45. The predicted octanol–water partition coefficient (Wildman–Crippen LogP) is 4.28. The highest BCUT2D eigenvalue weighted by molar-refractivity contribution is 6.35. The molecular weight excluding hydrogens is 333 g/mol. The maximum absolute atomic E-state index is 12.9. The number of nitriles is 1. The topological polar surface area (TPSA) is 49.0 Å². The van der Waals surface area contributed by atoms with Gasteiger partial charge in [0, 0.05) is 24.3 Å². The van der Waals surface area contributed by atoms with Crippen LogP contribution in [0.2, 0.25) is 10.0 Å². The second-order valence-corrected chi connectivity index (χ2v) is 6.35. The van der Waals surface area contributed by atoms with Gasteiger partial charge in [-0.2, -0.15) is 5.26 Å². The van der Waals surface area contributed by atoms with Crippen LogP contribution >= 0.6 is 23.2 Å². The molecule has 6 heteroatoms. The van der Waals surface area contributed by atoms with E-state index >= 15 is 0 Å². The zero-order valence-corrected chi connectivity index (χ0v) is 13.9. The summed E-state index contributed by atoms with van der Waals surface area (Å²) in [6, 6.07) is 8.83. The molecule has 23 heavy (non-hydrogen) atoms. The Kier molecular flexibility index (Phi) is 4.61. The first-order valence-electron chi connectivity index (χ1n) is 7.48. The van der Waals surface area contributed by atoms with E-state index in [1.54, 1.807) is 39.9 Å². The molecule has 0 bridgehead atoms. The first-order valence-corrected chi connectivity index (χ1v) is 8.23. The summed E-state index contributed by atoms with van der Waals surface area (Å²) < 4.78 is 1.67. The van der Waals surface area contributed by atoms with Crippen LogP contribution in [0.5, 0.6) is 0 Å². The number of carbonyl (C=O) groups is 1. The summed E-state index contributed by atoms with van der Waals surface area (Å²) in [6.07, 6.45) is 4.83. The molecule has 0 aliphatic carbocycles. The molecule has 0 N–H and O–H groups in total. The van der Waals surface area contributed by atoms with E-state index in [1.807, 2.05) is 0 Å². The van der Waals surface area contributed by atoms with E-state index < -0.39 is 0 Å². The Balaban J connectivity index is 2.07. The third kappa shape index (κ3) is 3.08. The molecule has 1 aliphatic heterocycles. The summed E-state index contributed by atoms with van der Waals surface area (Å²) >= 11 is 12.2. The van der Waals surface area contributed by atoms with Crippen molar-refractivity contribution in [3.05, 3.63) is 51.8 Å². The van der Waals surface area contributed by atoms with Crippen LogP contribution < -0.4 is 0 Å². The number of aromatic nitrogens is 1. The van der Waals surface area contributed by atoms with E-state index in [2.05, 4.69) is 6.07 Å². The molecule has 1 aromatic heterocycles. The van der Waals surface area contributed by atoms with Crippen LogP contribution in [0.3, 0.4) is 0 Å². The van der Waals surface area contributed by atoms with Crippen molar-refractivity contribution in [2.45, 2.75) is 19.3 Å². The third-order valence-electron chi connectivity index (χ3n) is 4.02. The quantitative estimate of drug-likeness (QED) is 0.813. The average molecular weight is 348 g/mol. The van der Waals surface area contributed by atoms with Gasteiger partial charge in [-0.3, -0.25) is 4.79 Å². The zero-order chi connectivity index (χ0) is 16.4. The fourth-order valence-corrected chi connectivity index (χ4v) is 3.36. The van der Waals surface area contributed by atoms with Crippen molar-refractivity contribution in [3.8, 4) is 11.8 Å². The molecule has 0 radical (unpaired) electrons. The smallest absolute Gasteiger partial charge is 0.272 e. The minimum Gasteiger partial charge on any atom is -0.337 e. The van der Waals surface area contributed by atoms with Gasteiger partial charge in [0.05, 0.1) is 16.3 Å². The molecule has 0 saturated carbocycles. The molecule has 118 valence electrons. The van der Waals surface area contributed by atoms with E-state index in [-0.39, 0.29) is 5.91 Å². The zero-order valence-electron chi connectivity index (χ0n) is 12.4. The molecule has 0 spiro atoms. The molecule has 1 fully saturated rings. The van der Waals surface area contributed by atoms with Gasteiger partial charge in [0.1, 0.15) is 11.8 Å². The maximum Gasteiger partial charge on any atom is 0.272 e. The van der Waals surface area contributed by atoms with Crippen LogP contribution in [0, 0.1) is 11.3 Å². The number of amides is 1. The molecule has 0 atom stereocenters. The highest BCUT2D eigenvalue weighted by atomic mass is 35.5. The maximum atomic E-state index is 12.9. The minimum absolute atomic E-state index is 0.128. The third-order valence-corrected chi connectivity index (χ3v) is 4.56. The van der Waals surface area contributed by atoms with Crippen LogP contribution in [0.4, 0.5) is 0 Å². The van der Waals surface area contributed by atoms with Crippen LogP contribution in [0.25, 0.3) is 5.69 Å². The van der Waals surface area contributed by atoms with E-state index in [1.165, 1.54) is 0 Å². The Labute approximate surface area is 144 Å². The number of halogens is 2. The van der Waals surface area contributed by atoms with Gasteiger partial charge in [0.2, 0.25) is 0 Å². The fourth-order valence-electron chi connectivity index (χ4n) is 2.86. The second kappa shape index (κ2) is 6.66. The van der Waals surface area contributed by atoms with E-state index in [4.69, 9.17) is 23.2 Å². The van der Waals surface area contributed by atoms with Gasteiger partial charge in [-0.25, -0.2) is 0 Å². The lowest BCUT2D eigenvalue weighted by Gasteiger charge is -2.27. The van der Waals surface area contributed by atoms with E-state index in [9.17, 15) is 10.1 Å². The monoisotopic (exact) mass is 347 g/mol. The lowest BCUT2D eigenvalue weighted by Crippen LogP contribution is -2.37. The average Bonchev–Trinajstić information content (AvgIpc) is 2.98. The van der Waals surface area contributed by atoms with Crippen LogP contribution in [0.15, 0.2) is 30.5 Å². The van der Waals surface area contributed by atoms with E-state index in [0.717, 1.165) is 32.4 Å². The van der Waals surface area contributed by atoms with Crippen molar-refractivity contribution in [1.82, 2.24) is 9.47 Å². The van der Waals surface area contributed by atoms with Gasteiger partial charge in [-0.15, -0.1) is 0 Å². The van der Waals surface area contributed by atoms with Crippen molar-refractivity contribution in [2.75, 3.05) is 13.1 Å². The lowest BCUT2D eigenvalue weighted by molar-refractivity contribution is 0.0716. The highest BCUT2D eigenvalue weighted by Crippen LogP contribution is 2.28. The Morgan fingerprint density at radius 3 is 2.52 bits per heavy atom. The Morgan fingerprint density at radius 2 is 1.87 bits per heavy atom. The molecule has 1 aliphatic rings. The first-order chi connectivity index (χ1) is 11.1. The molecule has 1 saturated heterocycles. The first kappa shape index (κ1) is 15.9. The number of likely N-dealkylation sites (tertiary alicyclic amines) is 1. The molecule has 2 aromatic rings. The number of benzene rings is 1. The normalized spacial score (nSPS) is 14.6. The Bertz CT molecular complexity index is 786.